The van der Waals surface area contributed by atoms with Crippen LogP contribution in [0.4, 0.5) is 0 Å². The maximum absolute atomic E-state index is 12.9. The van der Waals surface area contributed by atoms with Gasteiger partial charge >= 0.3 is 5.97 Å². The predicted molar refractivity (Wildman–Crippen MR) is 97.4 cm³/mol. The van der Waals surface area contributed by atoms with E-state index in [4.69, 9.17) is 4.74 Å². The molecule has 1 aromatic rings. The lowest BCUT2D eigenvalue weighted by Crippen LogP contribution is -2.36. The van der Waals surface area contributed by atoms with E-state index >= 15 is 0 Å². The van der Waals surface area contributed by atoms with E-state index in [0.29, 0.717) is 18.7 Å². The van der Waals surface area contributed by atoms with Gasteiger partial charge in [0, 0.05) is 27.2 Å². The summed E-state index contributed by atoms with van der Waals surface area (Å²) in [5.41, 5.74) is 0.689. The third-order valence-electron chi connectivity index (χ3n) is 4.43. The van der Waals surface area contributed by atoms with Crippen LogP contribution in [0.15, 0.2) is 23.1 Å². The molecule has 2 rings (SSSR count). The van der Waals surface area contributed by atoms with Crippen molar-refractivity contribution in [3.8, 4) is 0 Å². The normalized spacial score (nSPS) is 16.8. The lowest BCUT2D eigenvalue weighted by atomic mass is 10.1. The van der Waals surface area contributed by atoms with Crippen LogP contribution in [0.2, 0.25) is 0 Å². The number of nitrogens with zero attached hydrogens (tertiary/aromatic N) is 2. The molecule has 7 nitrogen and oxygen atoms in total. The van der Waals surface area contributed by atoms with Gasteiger partial charge in [0.25, 0.3) is 5.91 Å². The van der Waals surface area contributed by atoms with Gasteiger partial charge in [-0.1, -0.05) is 12.5 Å². The Balaban J connectivity index is 2.26. The number of ether oxygens (including phenoxy) is 1. The van der Waals surface area contributed by atoms with Crippen LogP contribution in [0.3, 0.4) is 0 Å². The maximum atomic E-state index is 12.9. The Kier molecular flexibility index (Phi) is 6.41. The van der Waals surface area contributed by atoms with E-state index in [1.54, 1.807) is 27.1 Å². The van der Waals surface area contributed by atoms with Crippen molar-refractivity contribution in [1.82, 2.24) is 9.21 Å². The van der Waals surface area contributed by atoms with E-state index in [-0.39, 0.29) is 16.4 Å². The molecule has 0 aliphatic carbocycles. The summed E-state index contributed by atoms with van der Waals surface area (Å²) in [5, 5.41) is 0. The standard InChI is InChI=1S/C18H26N2O5S/c1-13-8-9-15(18(22)25-14(2)17(21)19(3)4)12-16(13)26(23,24)20-10-6-5-7-11-20/h8-9,12,14H,5-7,10-11H2,1-4H3/t14-/m1/s1. The first-order valence-electron chi connectivity index (χ1n) is 8.67. The summed E-state index contributed by atoms with van der Waals surface area (Å²) in [5.74, 6) is -1.06. The van der Waals surface area contributed by atoms with Crippen LogP contribution in [0.5, 0.6) is 0 Å². The molecule has 1 aliphatic heterocycles. The minimum absolute atomic E-state index is 0.112. The molecule has 0 bridgehead atoms. The number of esters is 1. The highest BCUT2D eigenvalue weighted by Gasteiger charge is 2.29. The predicted octanol–water partition coefficient (Wildman–Crippen LogP) is 1.80. The quantitative estimate of drug-likeness (QED) is 0.725. The van der Waals surface area contributed by atoms with Gasteiger partial charge in [-0.25, -0.2) is 13.2 Å². The van der Waals surface area contributed by atoms with Crippen molar-refractivity contribution in [2.75, 3.05) is 27.2 Å². The molecule has 1 amide bonds. The van der Waals surface area contributed by atoms with Crippen LogP contribution < -0.4 is 0 Å². The molecule has 0 unspecified atom stereocenters. The largest absolute Gasteiger partial charge is 0.449 e. The first-order chi connectivity index (χ1) is 12.1. The van der Waals surface area contributed by atoms with Crippen molar-refractivity contribution in [3.05, 3.63) is 29.3 Å². The van der Waals surface area contributed by atoms with Gasteiger partial charge in [0.1, 0.15) is 0 Å². The topological polar surface area (TPSA) is 84.0 Å². The summed E-state index contributed by atoms with van der Waals surface area (Å²) in [6, 6.07) is 4.44. The second-order valence-electron chi connectivity index (χ2n) is 6.73. The van der Waals surface area contributed by atoms with Gasteiger partial charge in [-0.2, -0.15) is 4.31 Å². The Hall–Kier alpha value is -1.93. The Morgan fingerprint density at radius 2 is 1.77 bits per heavy atom. The minimum atomic E-state index is -3.66. The van der Waals surface area contributed by atoms with Crippen molar-refractivity contribution in [3.63, 3.8) is 0 Å². The molecule has 0 N–H and O–H groups in total. The monoisotopic (exact) mass is 382 g/mol. The second-order valence-corrected chi connectivity index (χ2v) is 8.63. The summed E-state index contributed by atoms with van der Waals surface area (Å²) in [4.78, 5) is 25.6. The van der Waals surface area contributed by atoms with E-state index in [2.05, 4.69) is 0 Å². The molecule has 1 heterocycles. The molecule has 0 aromatic heterocycles. The van der Waals surface area contributed by atoms with Crippen LogP contribution in [0.1, 0.15) is 42.1 Å². The molecule has 26 heavy (non-hydrogen) atoms. The molecule has 1 saturated heterocycles. The van der Waals surface area contributed by atoms with Crippen LogP contribution in [-0.2, 0) is 19.6 Å². The molecule has 1 atom stereocenters. The van der Waals surface area contributed by atoms with E-state index in [1.165, 1.54) is 28.3 Å². The van der Waals surface area contributed by atoms with Crippen molar-refractivity contribution in [2.45, 2.75) is 44.1 Å². The number of carbonyl (C=O) groups excluding carboxylic acids is 2. The van der Waals surface area contributed by atoms with Crippen molar-refractivity contribution >= 4 is 21.9 Å². The fraction of sp³-hybridized carbons (Fsp3) is 0.556. The highest BCUT2D eigenvalue weighted by atomic mass is 32.2. The fourth-order valence-corrected chi connectivity index (χ4v) is 4.66. The van der Waals surface area contributed by atoms with E-state index in [0.717, 1.165) is 19.3 Å². The smallest absolute Gasteiger partial charge is 0.338 e. The fourth-order valence-electron chi connectivity index (χ4n) is 2.89. The molecule has 1 aromatic carbocycles. The first-order valence-corrected chi connectivity index (χ1v) is 10.1. The van der Waals surface area contributed by atoms with Crippen LogP contribution in [0, 0.1) is 6.92 Å². The Morgan fingerprint density at radius 3 is 2.35 bits per heavy atom. The molecule has 0 radical (unpaired) electrons. The zero-order valence-corrected chi connectivity index (χ0v) is 16.5. The number of sulfonamides is 1. The highest BCUT2D eigenvalue weighted by molar-refractivity contribution is 7.89. The SMILES string of the molecule is Cc1ccc(C(=O)O[C@H](C)C(=O)N(C)C)cc1S(=O)(=O)N1CCCCC1. The second kappa shape index (κ2) is 8.18. The molecular weight excluding hydrogens is 356 g/mol. The van der Waals surface area contributed by atoms with Crippen molar-refractivity contribution in [1.29, 1.82) is 0 Å². The number of amides is 1. The number of likely N-dealkylation sites (N-methyl/N-ethyl adjacent to an activating group) is 1. The number of aryl methyl sites for hydroxylation is 1. The van der Waals surface area contributed by atoms with Gasteiger partial charge in [-0.05, 0) is 44.4 Å². The number of piperidine rings is 1. The molecule has 1 fully saturated rings. The Labute approximate surface area is 155 Å². The first kappa shape index (κ1) is 20.4. The van der Waals surface area contributed by atoms with Crippen LogP contribution in [0.25, 0.3) is 0 Å². The lowest BCUT2D eigenvalue weighted by molar-refractivity contribution is -0.137. The van der Waals surface area contributed by atoms with Crippen LogP contribution in [-0.4, -0.2) is 62.8 Å². The molecule has 8 heteroatoms. The van der Waals surface area contributed by atoms with Crippen molar-refractivity contribution in [2.24, 2.45) is 0 Å². The maximum Gasteiger partial charge on any atom is 0.338 e. The van der Waals surface area contributed by atoms with Gasteiger partial charge in [-0.3, -0.25) is 4.79 Å². The average molecular weight is 382 g/mol. The van der Waals surface area contributed by atoms with Gasteiger partial charge in [-0.15, -0.1) is 0 Å². The Morgan fingerprint density at radius 1 is 1.15 bits per heavy atom. The van der Waals surface area contributed by atoms with Gasteiger partial charge < -0.3 is 9.64 Å². The number of hydrogen-bond donors (Lipinski definition) is 0. The molecule has 144 valence electrons. The molecular formula is C18H26N2O5S. The van der Waals surface area contributed by atoms with Gasteiger partial charge in [0.05, 0.1) is 10.5 Å². The number of rotatable bonds is 5. The van der Waals surface area contributed by atoms with E-state index in [9.17, 15) is 18.0 Å². The third-order valence-corrected chi connectivity index (χ3v) is 6.47. The highest BCUT2D eigenvalue weighted by Crippen LogP contribution is 2.24. The Bertz CT molecular complexity index is 783. The zero-order chi connectivity index (χ0) is 19.5. The summed E-state index contributed by atoms with van der Waals surface area (Å²) in [6.45, 7) is 4.17. The van der Waals surface area contributed by atoms with E-state index in [1.807, 2.05) is 0 Å². The van der Waals surface area contributed by atoms with E-state index < -0.39 is 22.1 Å². The molecule has 1 aliphatic rings. The zero-order valence-electron chi connectivity index (χ0n) is 15.7. The summed E-state index contributed by atoms with van der Waals surface area (Å²) < 4.78 is 32.5. The average Bonchev–Trinajstić information content (AvgIpc) is 2.61. The lowest BCUT2D eigenvalue weighted by Gasteiger charge is -2.26. The molecule has 0 saturated carbocycles. The summed E-state index contributed by atoms with van der Waals surface area (Å²) >= 11 is 0. The number of carbonyl (C=O) groups is 2. The third kappa shape index (κ3) is 4.42. The summed E-state index contributed by atoms with van der Waals surface area (Å²) in [7, 11) is -0.514. The number of hydrogen-bond acceptors (Lipinski definition) is 5. The summed E-state index contributed by atoms with van der Waals surface area (Å²) in [6.07, 6.45) is 1.75. The van der Waals surface area contributed by atoms with Crippen molar-refractivity contribution < 1.29 is 22.7 Å². The van der Waals surface area contributed by atoms with Gasteiger partial charge in [0.15, 0.2) is 6.10 Å². The molecule has 0 spiro atoms. The van der Waals surface area contributed by atoms with Crippen LogP contribution >= 0.6 is 0 Å². The van der Waals surface area contributed by atoms with Gasteiger partial charge in [0.2, 0.25) is 10.0 Å². The number of benzene rings is 1. The minimum Gasteiger partial charge on any atom is -0.449 e.